The number of piperazine rings is 1. The summed E-state index contributed by atoms with van der Waals surface area (Å²) in [5.41, 5.74) is 1.32. The Labute approximate surface area is 254 Å². The largest absolute Gasteiger partial charge is 0.507 e. The molecule has 228 valence electrons. The van der Waals surface area contributed by atoms with Crippen LogP contribution in [0.25, 0.3) is 11.3 Å². The van der Waals surface area contributed by atoms with Gasteiger partial charge in [-0.2, -0.15) is 0 Å². The van der Waals surface area contributed by atoms with Crippen molar-refractivity contribution < 1.29 is 28.6 Å². The van der Waals surface area contributed by atoms with E-state index < -0.39 is 29.5 Å². The molecular weight excluding hydrogens is 577 g/mol. The van der Waals surface area contributed by atoms with E-state index in [1.807, 2.05) is 26.8 Å². The molecule has 10 nitrogen and oxygen atoms in total. The van der Waals surface area contributed by atoms with Crippen LogP contribution in [0.2, 0.25) is 5.02 Å². The molecular formula is C31H35ClFN5O5. The number of aromatic hydroxyl groups is 1. The smallest absolute Gasteiger partial charge is 0.410 e. The van der Waals surface area contributed by atoms with Gasteiger partial charge in [0.2, 0.25) is 0 Å². The standard InChI is InChI=1S/C31H35ClFN5O5/c1-16(2)24-25(17(3)10-11-34-24)35-28-22-27(23(32)26(36-28)21-19(33)8-7-9-20(21)39)42-15-18-14-37(12-13-38(18)29(22)40)30(41)43-31(4,5)6/h7-11,16,18,39H,12-15H2,1-6H3,(H,35,36)/t18-/m0/s1. The summed E-state index contributed by atoms with van der Waals surface area (Å²) >= 11 is 6.82. The lowest BCUT2D eigenvalue weighted by atomic mass is 10.0. The lowest BCUT2D eigenvalue weighted by Crippen LogP contribution is -2.58. The van der Waals surface area contributed by atoms with Gasteiger partial charge in [-0.05, 0) is 57.4 Å². The van der Waals surface area contributed by atoms with Crippen LogP contribution in [0.3, 0.4) is 0 Å². The number of phenols is 1. The van der Waals surface area contributed by atoms with Crippen LogP contribution in [0, 0.1) is 12.7 Å². The van der Waals surface area contributed by atoms with Gasteiger partial charge in [0.25, 0.3) is 5.91 Å². The first-order chi connectivity index (χ1) is 20.3. The number of pyridine rings is 2. The summed E-state index contributed by atoms with van der Waals surface area (Å²) in [5, 5.41) is 13.8. The molecule has 0 radical (unpaired) electrons. The van der Waals surface area contributed by atoms with Crippen LogP contribution in [0.5, 0.6) is 11.5 Å². The molecule has 1 aromatic carbocycles. The number of ether oxygens (including phenoxy) is 2. The van der Waals surface area contributed by atoms with Gasteiger partial charge in [0.1, 0.15) is 45.9 Å². The molecule has 0 unspecified atom stereocenters. The second-order valence-electron chi connectivity index (χ2n) is 12.0. The van der Waals surface area contributed by atoms with Crippen molar-refractivity contribution in [3.05, 3.63) is 58.1 Å². The van der Waals surface area contributed by atoms with Crippen molar-refractivity contribution in [2.75, 3.05) is 31.6 Å². The number of phenolic OH excluding ortho intramolecular Hbond substituents is 1. The first-order valence-corrected chi connectivity index (χ1v) is 14.5. The second-order valence-corrected chi connectivity index (χ2v) is 12.4. The molecule has 1 atom stereocenters. The van der Waals surface area contributed by atoms with E-state index in [1.165, 1.54) is 18.2 Å². The van der Waals surface area contributed by atoms with E-state index in [4.69, 9.17) is 21.1 Å². The molecule has 5 rings (SSSR count). The number of carbonyl (C=O) groups is 2. The number of amides is 2. The summed E-state index contributed by atoms with van der Waals surface area (Å²) in [4.78, 5) is 39.4. The van der Waals surface area contributed by atoms with Crippen molar-refractivity contribution >= 4 is 35.1 Å². The van der Waals surface area contributed by atoms with E-state index >= 15 is 4.39 Å². The Morgan fingerprint density at radius 3 is 2.65 bits per heavy atom. The number of hydrogen-bond donors (Lipinski definition) is 2. The summed E-state index contributed by atoms with van der Waals surface area (Å²) in [6, 6.07) is 5.20. The van der Waals surface area contributed by atoms with Crippen LogP contribution in [-0.4, -0.2) is 74.8 Å². The summed E-state index contributed by atoms with van der Waals surface area (Å²) in [5.74, 6) is -1.41. The van der Waals surface area contributed by atoms with Crippen molar-refractivity contribution in [1.29, 1.82) is 0 Å². The molecule has 3 aromatic rings. The van der Waals surface area contributed by atoms with Gasteiger partial charge in [-0.3, -0.25) is 9.78 Å². The van der Waals surface area contributed by atoms with E-state index in [1.54, 1.807) is 36.8 Å². The van der Waals surface area contributed by atoms with E-state index in [0.29, 0.717) is 5.69 Å². The van der Waals surface area contributed by atoms with E-state index in [9.17, 15) is 14.7 Å². The number of halogens is 2. The monoisotopic (exact) mass is 611 g/mol. The van der Waals surface area contributed by atoms with Gasteiger partial charge in [-0.1, -0.05) is 31.5 Å². The average Bonchev–Trinajstić information content (AvgIpc) is 3.07. The van der Waals surface area contributed by atoms with Gasteiger partial charge in [-0.25, -0.2) is 14.2 Å². The lowest BCUT2D eigenvalue weighted by molar-refractivity contribution is 0.000958. The molecule has 2 N–H and O–H groups in total. The Kier molecular flexibility index (Phi) is 8.13. The molecule has 43 heavy (non-hydrogen) atoms. The first kappa shape index (κ1) is 30.3. The van der Waals surface area contributed by atoms with E-state index in [2.05, 4.69) is 15.3 Å². The van der Waals surface area contributed by atoms with Crippen LogP contribution >= 0.6 is 11.6 Å². The van der Waals surface area contributed by atoms with E-state index in [-0.39, 0.29) is 71.3 Å². The molecule has 2 aromatic heterocycles. The maximum absolute atomic E-state index is 15.1. The molecule has 2 aliphatic rings. The predicted molar refractivity (Wildman–Crippen MR) is 161 cm³/mol. The Hall–Kier alpha value is -4.12. The van der Waals surface area contributed by atoms with Crippen LogP contribution in [0.4, 0.5) is 20.7 Å². The van der Waals surface area contributed by atoms with Crippen molar-refractivity contribution in [2.24, 2.45) is 0 Å². The van der Waals surface area contributed by atoms with Gasteiger partial charge < -0.3 is 29.7 Å². The number of aromatic nitrogens is 2. The fraction of sp³-hybridized carbons (Fsp3) is 0.419. The third kappa shape index (κ3) is 5.90. The van der Waals surface area contributed by atoms with Crippen LogP contribution in [0.1, 0.15) is 62.2 Å². The number of nitrogens with zero attached hydrogens (tertiary/aromatic N) is 4. The maximum atomic E-state index is 15.1. The van der Waals surface area contributed by atoms with Crippen LogP contribution < -0.4 is 10.1 Å². The highest BCUT2D eigenvalue weighted by Gasteiger charge is 2.41. The van der Waals surface area contributed by atoms with E-state index in [0.717, 1.165) is 11.3 Å². The minimum Gasteiger partial charge on any atom is -0.507 e. The molecule has 1 saturated heterocycles. The molecule has 2 amide bonds. The Bertz CT molecular complexity index is 1570. The molecule has 4 heterocycles. The Morgan fingerprint density at radius 1 is 1.23 bits per heavy atom. The molecule has 0 spiro atoms. The average molecular weight is 612 g/mol. The van der Waals surface area contributed by atoms with Gasteiger partial charge >= 0.3 is 6.09 Å². The van der Waals surface area contributed by atoms with Gasteiger partial charge in [0.05, 0.1) is 23.0 Å². The highest BCUT2D eigenvalue weighted by atomic mass is 35.5. The number of anilines is 2. The van der Waals surface area contributed by atoms with Crippen LogP contribution in [-0.2, 0) is 4.74 Å². The lowest BCUT2D eigenvalue weighted by Gasteiger charge is -2.40. The van der Waals surface area contributed by atoms with Gasteiger partial charge in [0, 0.05) is 25.8 Å². The number of benzene rings is 1. The minimum absolute atomic E-state index is 0.00701. The van der Waals surface area contributed by atoms with Crippen molar-refractivity contribution in [1.82, 2.24) is 19.8 Å². The van der Waals surface area contributed by atoms with Gasteiger partial charge in [-0.15, -0.1) is 0 Å². The zero-order valence-corrected chi connectivity index (χ0v) is 25.8. The maximum Gasteiger partial charge on any atom is 0.410 e. The van der Waals surface area contributed by atoms with Crippen molar-refractivity contribution in [3.8, 4) is 22.8 Å². The van der Waals surface area contributed by atoms with Crippen molar-refractivity contribution in [3.63, 3.8) is 0 Å². The first-order valence-electron chi connectivity index (χ1n) is 14.1. The Morgan fingerprint density at radius 2 is 1.98 bits per heavy atom. The predicted octanol–water partition coefficient (Wildman–Crippen LogP) is 6.27. The number of aryl methyl sites for hydroxylation is 1. The SMILES string of the molecule is Cc1ccnc(C(C)C)c1Nc1nc(-c2c(O)cccc2F)c(Cl)c2c1C(=O)N1CCN(C(=O)OC(C)(C)C)C[C@H]1CO2. The molecule has 0 aliphatic carbocycles. The molecule has 0 bridgehead atoms. The second kappa shape index (κ2) is 11.5. The fourth-order valence-corrected chi connectivity index (χ4v) is 5.54. The third-order valence-corrected chi connectivity index (χ3v) is 7.68. The molecule has 0 saturated carbocycles. The molecule has 1 fully saturated rings. The summed E-state index contributed by atoms with van der Waals surface area (Å²) in [6.07, 6.45) is 1.23. The zero-order valence-electron chi connectivity index (χ0n) is 25.0. The highest BCUT2D eigenvalue weighted by molar-refractivity contribution is 6.35. The summed E-state index contributed by atoms with van der Waals surface area (Å²) in [6.45, 7) is 11.9. The number of fused-ring (bicyclic) bond motifs is 2. The van der Waals surface area contributed by atoms with Crippen molar-refractivity contribution in [2.45, 2.75) is 59.1 Å². The summed E-state index contributed by atoms with van der Waals surface area (Å²) < 4.78 is 26.9. The topological polar surface area (TPSA) is 117 Å². The number of nitrogens with one attached hydrogen (secondary N) is 1. The third-order valence-electron chi connectivity index (χ3n) is 7.33. The molecule has 2 aliphatic heterocycles. The normalized spacial score (nSPS) is 16.8. The summed E-state index contributed by atoms with van der Waals surface area (Å²) in [7, 11) is 0. The zero-order chi connectivity index (χ0) is 31.2. The Balaban J connectivity index is 1.63. The fourth-order valence-electron chi connectivity index (χ4n) is 5.26. The minimum atomic E-state index is -0.744. The highest BCUT2D eigenvalue weighted by Crippen LogP contribution is 2.46. The quantitative estimate of drug-likeness (QED) is 0.354. The number of rotatable bonds is 4. The molecule has 12 heteroatoms. The van der Waals surface area contributed by atoms with Crippen LogP contribution in [0.15, 0.2) is 30.5 Å². The number of carbonyl (C=O) groups excluding carboxylic acids is 2. The van der Waals surface area contributed by atoms with Gasteiger partial charge in [0.15, 0.2) is 5.75 Å². The number of hydrogen-bond acceptors (Lipinski definition) is 8.